The third-order valence-corrected chi connectivity index (χ3v) is 3.61. The van der Waals surface area contributed by atoms with Crippen LogP contribution in [0.15, 0.2) is 0 Å². The van der Waals surface area contributed by atoms with Gasteiger partial charge in [-0.1, -0.05) is 22.6 Å². The maximum Gasteiger partial charge on any atom is 0.0110 e. The zero-order chi connectivity index (χ0) is 5.98. The van der Waals surface area contributed by atoms with Crippen LogP contribution < -0.4 is 0 Å². The molecule has 1 fully saturated rings. The van der Waals surface area contributed by atoms with Gasteiger partial charge in [-0.2, -0.15) is 0 Å². The van der Waals surface area contributed by atoms with E-state index < -0.39 is 0 Å². The summed E-state index contributed by atoms with van der Waals surface area (Å²) in [6.45, 7) is 0. The van der Waals surface area contributed by atoms with Crippen molar-refractivity contribution in [1.82, 2.24) is 0 Å². The van der Waals surface area contributed by atoms with Gasteiger partial charge in [0.25, 0.3) is 0 Å². The quantitative estimate of drug-likeness (QED) is 0.348. The van der Waals surface area contributed by atoms with Crippen molar-refractivity contribution >= 4 is 31.8 Å². The van der Waals surface area contributed by atoms with Crippen molar-refractivity contribution in [3.63, 3.8) is 0 Å². The highest BCUT2D eigenvalue weighted by molar-refractivity contribution is 14.1. The molecule has 0 spiro atoms. The monoisotopic (exact) mass is 242 g/mol. The molecule has 0 aromatic rings. The van der Waals surface area contributed by atoms with Crippen LogP contribution in [0.4, 0.5) is 0 Å². The molecule has 0 bridgehead atoms. The second-order valence-electron chi connectivity index (χ2n) is 2.51. The van der Waals surface area contributed by atoms with Crippen molar-refractivity contribution < 1.29 is 0 Å². The number of hydrogen-bond donors (Lipinski definition) is 0. The highest BCUT2D eigenvalue weighted by Gasteiger charge is 2.14. The fourth-order valence-electron chi connectivity index (χ4n) is 1.08. The predicted molar refractivity (Wildman–Crippen MR) is 49.8 cm³/mol. The van der Waals surface area contributed by atoms with Gasteiger partial charge in [0.1, 0.15) is 0 Å². The summed E-state index contributed by atoms with van der Waals surface area (Å²) in [6.07, 6.45) is 5.74. The van der Waals surface area contributed by atoms with E-state index in [2.05, 4.69) is 31.8 Å². The average molecular weight is 242 g/mol. The fraction of sp³-hybridized carbons (Fsp3) is 1.00. The highest BCUT2D eigenvalue weighted by Crippen LogP contribution is 2.28. The lowest BCUT2D eigenvalue weighted by atomic mass is 10.0. The van der Waals surface area contributed by atoms with Crippen molar-refractivity contribution in [3.05, 3.63) is 0 Å². The van der Waals surface area contributed by atoms with E-state index in [1.165, 1.54) is 25.7 Å². The van der Waals surface area contributed by atoms with Crippen molar-refractivity contribution in [2.45, 2.75) is 35.3 Å². The van der Waals surface area contributed by atoms with Gasteiger partial charge in [0.15, 0.2) is 0 Å². The third-order valence-electron chi connectivity index (χ3n) is 1.70. The molecule has 0 aliphatic heterocycles. The number of rotatable bonds is 0. The van der Waals surface area contributed by atoms with Crippen LogP contribution in [0.25, 0.3) is 0 Å². The molecule has 48 valence electrons. The Morgan fingerprint density at radius 1 is 1.12 bits per heavy atom. The molecule has 1 aliphatic rings. The standard InChI is InChI=1S/C6H12IP/c7-5-1-3-6(8)4-2-5/h5-6H,1-4,8H2. The lowest BCUT2D eigenvalue weighted by molar-refractivity contribution is 0.540. The van der Waals surface area contributed by atoms with Gasteiger partial charge in [-0.3, -0.25) is 0 Å². The second-order valence-corrected chi connectivity index (χ2v) is 5.22. The van der Waals surface area contributed by atoms with Crippen LogP contribution in [0, 0.1) is 0 Å². The second kappa shape index (κ2) is 3.36. The molecule has 8 heavy (non-hydrogen) atoms. The van der Waals surface area contributed by atoms with E-state index in [1.807, 2.05) is 0 Å². The fourth-order valence-corrected chi connectivity index (χ4v) is 2.18. The summed E-state index contributed by atoms with van der Waals surface area (Å²) >= 11 is 2.56. The molecule has 0 aromatic heterocycles. The Labute approximate surface area is 67.1 Å². The lowest BCUT2D eigenvalue weighted by Gasteiger charge is -2.20. The number of halogens is 1. The first-order valence-electron chi connectivity index (χ1n) is 3.18. The molecule has 0 nitrogen and oxygen atoms in total. The molecular weight excluding hydrogens is 230 g/mol. The summed E-state index contributed by atoms with van der Waals surface area (Å²) in [5.41, 5.74) is 0.931. The maximum absolute atomic E-state index is 2.92. The Hall–Kier alpha value is 1.16. The van der Waals surface area contributed by atoms with Crippen LogP contribution in [0.3, 0.4) is 0 Å². The lowest BCUT2D eigenvalue weighted by Crippen LogP contribution is -2.12. The molecular formula is C6H12IP. The van der Waals surface area contributed by atoms with Gasteiger partial charge < -0.3 is 0 Å². The van der Waals surface area contributed by atoms with E-state index in [4.69, 9.17) is 0 Å². The largest absolute Gasteiger partial charge is 0.134 e. The smallest absolute Gasteiger partial charge is 0.0110 e. The third kappa shape index (κ3) is 2.18. The van der Waals surface area contributed by atoms with E-state index in [0.29, 0.717) is 0 Å². The van der Waals surface area contributed by atoms with Gasteiger partial charge in [0.05, 0.1) is 0 Å². The molecule has 0 saturated heterocycles. The summed E-state index contributed by atoms with van der Waals surface area (Å²) < 4.78 is 0.976. The summed E-state index contributed by atoms with van der Waals surface area (Å²) in [6, 6.07) is 0. The van der Waals surface area contributed by atoms with E-state index in [-0.39, 0.29) is 0 Å². The Balaban J connectivity index is 2.19. The summed E-state index contributed by atoms with van der Waals surface area (Å²) in [5.74, 6) is 0. The summed E-state index contributed by atoms with van der Waals surface area (Å²) in [7, 11) is 2.92. The van der Waals surface area contributed by atoms with Crippen LogP contribution in [0.2, 0.25) is 0 Å². The predicted octanol–water partition coefficient (Wildman–Crippen LogP) is 2.61. The number of hydrogen-bond acceptors (Lipinski definition) is 0. The maximum atomic E-state index is 2.92. The SMILES string of the molecule is PC1CCC(I)CC1. The van der Waals surface area contributed by atoms with Gasteiger partial charge in [-0.25, -0.2) is 0 Å². The van der Waals surface area contributed by atoms with Crippen LogP contribution >= 0.6 is 31.8 Å². The number of alkyl halides is 1. The van der Waals surface area contributed by atoms with Gasteiger partial charge in [0, 0.05) is 3.92 Å². The minimum atomic E-state index is 0.931. The Kier molecular flexibility index (Phi) is 3.05. The summed E-state index contributed by atoms with van der Waals surface area (Å²) in [5, 5.41) is 0. The topological polar surface area (TPSA) is 0 Å². The van der Waals surface area contributed by atoms with E-state index in [0.717, 1.165) is 9.58 Å². The Bertz CT molecular complexity index is 56.9. The van der Waals surface area contributed by atoms with E-state index in [1.54, 1.807) is 0 Å². The van der Waals surface area contributed by atoms with Crippen LogP contribution in [0.1, 0.15) is 25.7 Å². The van der Waals surface area contributed by atoms with Crippen molar-refractivity contribution in [2.75, 3.05) is 0 Å². The normalized spacial score (nSPS) is 39.8. The van der Waals surface area contributed by atoms with Gasteiger partial charge in [-0.15, -0.1) is 9.24 Å². The molecule has 1 atom stereocenters. The van der Waals surface area contributed by atoms with Gasteiger partial charge in [-0.05, 0) is 31.3 Å². The molecule has 0 radical (unpaired) electrons. The minimum absolute atomic E-state index is 0.931. The first kappa shape index (κ1) is 7.27. The van der Waals surface area contributed by atoms with E-state index in [9.17, 15) is 0 Å². The Morgan fingerprint density at radius 3 is 2.00 bits per heavy atom. The van der Waals surface area contributed by atoms with Gasteiger partial charge >= 0.3 is 0 Å². The zero-order valence-corrected chi connectivity index (χ0v) is 8.25. The molecule has 1 rings (SSSR count). The molecule has 1 unspecified atom stereocenters. The van der Waals surface area contributed by atoms with Crippen LogP contribution in [0.5, 0.6) is 0 Å². The van der Waals surface area contributed by atoms with Crippen molar-refractivity contribution in [2.24, 2.45) is 0 Å². The molecule has 0 amide bonds. The molecule has 1 saturated carbocycles. The highest BCUT2D eigenvalue weighted by atomic mass is 127. The van der Waals surface area contributed by atoms with Crippen LogP contribution in [-0.2, 0) is 0 Å². The first-order valence-corrected chi connectivity index (χ1v) is 5.10. The molecule has 2 heteroatoms. The average Bonchev–Trinajstić information content (AvgIpc) is 1.77. The summed E-state index contributed by atoms with van der Waals surface area (Å²) in [4.78, 5) is 0. The van der Waals surface area contributed by atoms with Crippen molar-refractivity contribution in [1.29, 1.82) is 0 Å². The molecule has 0 N–H and O–H groups in total. The van der Waals surface area contributed by atoms with Crippen molar-refractivity contribution in [3.8, 4) is 0 Å². The molecule has 1 aliphatic carbocycles. The minimum Gasteiger partial charge on any atom is -0.134 e. The first-order chi connectivity index (χ1) is 3.79. The molecule has 0 aromatic carbocycles. The Morgan fingerprint density at radius 2 is 1.62 bits per heavy atom. The molecule has 0 heterocycles. The van der Waals surface area contributed by atoms with Crippen LogP contribution in [-0.4, -0.2) is 9.58 Å². The zero-order valence-electron chi connectivity index (χ0n) is 4.94. The van der Waals surface area contributed by atoms with Gasteiger partial charge in [0.2, 0.25) is 0 Å². The van der Waals surface area contributed by atoms with E-state index >= 15 is 0 Å².